The van der Waals surface area contributed by atoms with Gasteiger partial charge in [0.25, 0.3) is 40.2 Å². The maximum Gasteiger partial charge on any atom is 0.303 e. The van der Waals surface area contributed by atoms with Crippen LogP contribution in [0.2, 0.25) is 0 Å². The Balaban J connectivity index is 2.64. The summed E-state index contributed by atoms with van der Waals surface area (Å²) in [6, 6.07) is 0. The molecule has 2 rings (SSSR count). The molecule has 0 heterocycles. The lowest BCUT2D eigenvalue weighted by molar-refractivity contribution is -0.156. The second-order valence-corrected chi connectivity index (χ2v) is 19.3. The molecule has 2 atom stereocenters. The second kappa shape index (κ2) is 26.3. The summed E-state index contributed by atoms with van der Waals surface area (Å²) in [6.07, 6.45) is -4.55. The van der Waals surface area contributed by atoms with Gasteiger partial charge in [-0.05, 0) is 159 Å². The molecule has 4 N–H and O–H groups in total. The van der Waals surface area contributed by atoms with E-state index in [4.69, 9.17) is 46.9 Å². The molecule has 0 aliphatic rings. The van der Waals surface area contributed by atoms with E-state index in [1.165, 1.54) is 0 Å². The molecule has 0 aromatic heterocycles. The first kappa shape index (κ1) is 57.1. The molecular formula is C35H30Cl2I6N4O16. The predicted molar refractivity (Wildman–Crippen MR) is 271 cm³/mol. The number of carbonyl (C=O) groups is 11. The van der Waals surface area contributed by atoms with Gasteiger partial charge in [0, 0.05) is 41.8 Å². The average molecular weight is 1590 g/mol. The number of benzene rings is 2. The van der Waals surface area contributed by atoms with Crippen LogP contribution in [0.5, 0.6) is 0 Å². The van der Waals surface area contributed by atoms with Crippen LogP contribution in [0.15, 0.2) is 0 Å². The van der Waals surface area contributed by atoms with Crippen LogP contribution in [0.25, 0.3) is 0 Å². The van der Waals surface area contributed by atoms with Crippen molar-refractivity contribution in [3.8, 4) is 0 Å². The van der Waals surface area contributed by atoms with Crippen molar-refractivity contribution in [1.29, 1.82) is 0 Å². The molecule has 0 radical (unpaired) electrons. The lowest BCUT2D eigenvalue weighted by atomic mass is 10.1. The third-order valence-corrected chi connectivity index (χ3v) is 14.2. The molecule has 0 saturated heterocycles. The number of esters is 5. The van der Waals surface area contributed by atoms with E-state index >= 15 is 0 Å². The molecule has 0 saturated carbocycles. The summed E-state index contributed by atoms with van der Waals surface area (Å²) in [4.78, 5) is 139. The van der Waals surface area contributed by atoms with E-state index < -0.39 is 95.5 Å². The highest BCUT2D eigenvalue weighted by Gasteiger charge is 2.36. The van der Waals surface area contributed by atoms with Crippen LogP contribution in [0.4, 0.5) is 11.4 Å². The van der Waals surface area contributed by atoms with Crippen molar-refractivity contribution in [2.24, 2.45) is 0 Å². The summed E-state index contributed by atoms with van der Waals surface area (Å²) in [5, 5.41) is 7.78. The fourth-order valence-corrected chi connectivity index (χ4v) is 14.7. The third kappa shape index (κ3) is 16.7. The van der Waals surface area contributed by atoms with Crippen LogP contribution in [-0.4, -0.2) is 109 Å². The minimum absolute atomic E-state index is 0.00590. The summed E-state index contributed by atoms with van der Waals surface area (Å²) in [5.41, 5.74) is -1.30. The summed E-state index contributed by atoms with van der Waals surface area (Å²) >= 11 is 22.0. The molecule has 20 nitrogen and oxygen atoms in total. The van der Waals surface area contributed by atoms with Gasteiger partial charge in [0.2, 0.25) is 0 Å². The van der Waals surface area contributed by atoms with Crippen molar-refractivity contribution in [3.05, 3.63) is 43.7 Å². The normalized spacial score (nSPS) is 12.0. The van der Waals surface area contributed by atoms with E-state index in [0.29, 0.717) is 0 Å². The largest absolute Gasteiger partial charge is 0.462 e. The summed E-state index contributed by atoms with van der Waals surface area (Å²) in [5.74, 6) is -8.27. The van der Waals surface area contributed by atoms with Gasteiger partial charge in [-0.15, -0.1) is 0 Å². The first-order chi connectivity index (χ1) is 29.2. The molecule has 0 fully saturated rings. The second-order valence-electron chi connectivity index (χ2n) is 12.1. The highest BCUT2D eigenvalue weighted by atomic mass is 127. The third-order valence-electron chi connectivity index (χ3n) is 7.33. The fraction of sp³-hybridized carbons (Fsp3) is 0.343. The molecule has 4 amide bonds. The van der Waals surface area contributed by atoms with Gasteiger partial charge in [-0.25, -0.2) is 0 Å². The number of ether oxygens (including phenoxy) is 5. The maximum absolute atomic E-state index is 14.0. The van der Waals surface area contributed by atoms with E-state index in [0.717, 1.165) is 34.6 Å². The Morgan fingerprint density at radius 3 is 1.03 bits per heavy atom. The van der Waals surface area contributed by atoms with Gasteiger partial charge in [-0.2, -0.15) is 0 Å². The van der Waals surface area contributed by atoms with Crippen LogP contribution in [0, 0.1) is 21.4 Å². The maximum atomic E-state index is 14.0. The SMILES string of the molecule is CC(=O)OCC(CNC(=O)c1c(I)c(NC(=O)C(OC(C)=O)C(=O)Nc2c(I)c(C(=O)Cl)c(I)c(C(=O)NCC(COC(C)=O)OC(C)=O)c2I)c(I)c(C(=O)Cl)c1I)OC(C)=O. The van der Waals surface area contributed by atoms with Gasteiger partial charge >= 0.3 is 29.8 Å². The Morgan fingerprint density at radius 2 is 0.762 bits per heavy atom. The number of anilines is 2. The lowest BCUT2D eigenvalue weighted by Gasteiger charge is -2.23. The standard InChI is InChI=1S/C35H30Cl2I6N4O16/c1-10(48)59-8-15(61-12(3)50)6-44-32(55)19-21(38)17(30(36)53)23(40)27(25(19)42)46-34(57)29(63-14(5)52)35(58)47-28-24(41)18(31(37)54)22(39)20(26(28)43)33(56)45-7-16(62-13(4)51)9-60-11(2)49/h15-16,29H,6-9H2,1-5H3,(H,44,55)(H,45,56)(H,46,57)(H,47,58). The van der Waals surface area contributed by atoms with E-state index in [9.17, 15) is 52.7 Å². The Morgan fingerprint density at radius 1 is 0.460 bits per heavy atom. The summed E-state index contributed by atoms with van der Waals surface area (Å²) < 4.78 is 25.3. The summed E-state index contributed by atoms with van der Waals surface area (Å²) in [6.45, 7) is 3.81. The van der Waals surface area contributed by atoms with E-state index in [-0.39, 0.29) is 68.1 Å². The summed E-state index contributed by atoms with van der Waals surface area (Å²) in [7, 11) is 0. The molecule has 2 aromatic carbocycles. The van der Waals surface area contributed by atoms with Crippen molar-refractivity contribution >= 4 is 234 Å². The lowest BCUT2D eigenvalue weighted by Crippen LogP contribution is -2.43. The Bertz CT molecular complexity index is 2130. The molecular weight excluding hydrogens is 1560 g/mol. The molecule has 0 bridgehead atoms. The zero-order valence-electron chi connectivity index (χ0n) is 32.6. The molecule has 28 heteroatoms. The van der Waals surface area contributed by atoms with Crippen molar-refractivity contribution in [2.75, 3.05) is 36.9 Å². The molecule has 0 aliphatic carbocycles. The first-order valence-electron chi connectivity index (χ1n) is 17.0. The molecule has 0 aliphatic heterocycles. The van der Waals surface area contributed by atoms with Gasteiger partial charge < -0.3 is 45.0 Å². The van der Waals surface area contributed by atoms with Crippen molar-refractivity contribution in [3.63, 3.8) is 0 Å². The van der Waals surface area contributed by atoms with E-state index in [1.54, 1.807) is 136 Å². The topological polar surface area (TPSA) is 282 Å². The van der Waals surface area contributed by atoms with Gasteiger partial charge in [0.1, 0.15) is 13.2 Å². The monoisotopic (exact) mass is 1590 g/mol. The number of rotatable bonds is 19. The van der Waals surface area contributed by atoms with Crippen LogP contribution in [-0.2, 0) is 57.2 Å². The Kier molecular flexibility index (Phi) is 23.9. The highest BCUT2D eigenvalue weighted by molar-refractivity contribution is 14.1. The van der Waals surface area contributed by atoms with Gasteiger partial charge in [0.15, 0.2) is 12.2 Å². The number of hydrogen-bond acceptors (Lipinski definition) is 16. The number of halogens is 8. The molecule has 2 unspecified atom stereocenters. The number of carbonyl (C=O) groups excluding carboxylic acids is 11. The van der Waals surface area contributed by atoms with Crippen LogP contribution in [0.3, 0.4) is 0 Å². The van der Waals surface area contributed by atoms with Gasteiger partial charge in [0.05, 0.1) is 61.0 Å². The molecule has 342 valence electrons. The Hall–Kier alpha value is -2.03. The average Bonchev–Trinajstić information content (AvgIpc) is 3.15. The van der Waals surface area contributed by atoms with Crippen LogP contribution >= 0.6 is 159 Å². The van der Waals surface area contributed by atoms with Gasteiger partial charge in [-0.3, -0.25) is 52.7 Å². The zero-order chi connectivity index (χ0) is 48.2. The number of hydrogen-bond donors (Lipinski definition) is 4. The van der Waals surface area contributed by atoms with Crippen molar-refractivity contribution in [1.82, 2.24) is 10.6 Å². The predicted octanol–water partition coefficient (Wildman–Crippen LogP) is 5.03. The highest BCUT2D eigenvalue weighted by Crippen LogP contribution is 2.38. The molecule has 2 aromatic rings. The van der Waals surface area contributed by atoms with E-state index in [1.807, 2.05) is 0 Å². The van der Waals surface area contributed by atoms with Crippen molar-refractivity contribution in [2.45, 2.75) is 52.9 Å². The number of amides is 4. The zero-order valence-corrected chi connectivity index (χ0v) is 47.1. The quantitative estimate of drug-likeness (QED) is 0.0472. The smallest absolute Gasteiger partial charge is 0.303 e. The Labute approximate surface area is 449 Å². The van der Waals surface area contributed by atoms with Crippen LogP contribution in [0.1, 0.15) is 76.1 Å². The van der Waals surface area contributed by atoms with Crippen LogP contribution < -0.4 is 21.3 Å². The molecule has 63 heavy (non-hydrogen) atoms. The minimum atomic E-state index is -2.31. The fourth-order valence-electron chi connectivity index (χ4n) is 4.81. The van der Waals surface area contributed by atoms with E-state index in [2.05, 4.69) is 21.3 Å². The number of nitrogens with one attached hydrogen (secondary N) is 4. The minimum Gasteiger partial charge on any atom is -0.462 e. The molecule has 0 spiro atoms. The first-order valence-corrected chi connectivity index (χ1v) is 24.2. The van der Waals surface area contributed by atoms with Crippen molar-refractivity contribution < 1.29 is 76.4 Å². The van der Waals surface area contributed by atoms with Gasteiger partial charge in [-0.1, -0.05) is 0 Å².